The topological polar surface area (TPSA) is 6.48 Å². The quantitative estimate of drug-likeness (QED) is 0.568. The molecule has 0 aromatic carbocycles. The second-order valence-electron chi connectivity index (χ2n) is 3.66. The second-order valence-corrected chi connectivity index (χ2v) is 3.66. The summed E-state index contributed by atoms with van der Waals surface area (Å²) in [6, 6.07) is 0.739. The van der Waals surface area contributed by atoms with Crippen molar-refractivity contribution in [3.63, 3.8) is 0 Å². The van der Waals surface area contributed by atoms with Gasteiger partial charge in [0, 0.05) is 25.6 Å². The Bertz CT molecular complexity index is 169. The minimum atomic E-state index is 0.739. The molecule has 0 spiro atoms. The van der Waals surface area contributed by atoms with Gasteiger partial charge in [0.25, 0.3) is 0 Å². The molecule has 12 heavy (non-hydrogen) atoms. The molecule has 0 aromatic heterocycles. The Hall–Kier alpha value is -0.520. The Morgan fingerprint density at radius 3 is 2.83 bits per heavy atom. The lowest BCUT2D eigenvalue weighted by atomic mass is 10.2. The van der Waals surface area contributed by atoms with E-state index in [1.807, 2.05) is 0 Å². The van der Waals surface area contributed by atoms with Gasteiger partial charge in [-0.15, -0.1) is 12.3 Å². The van der Waals surface area contributed by atoms with Crippen LogP contribution >= 0.6 is 0 Å². The molecule has 1 atom stereocenters. The van der Waals surface area contributed by atoms with Gasteiger partial charge >= 0.3 is 0 Å². The molecule has 1 aliphatic heterocycles. The highest BCUT2D eigenvalue weighted by atomic mass is 15.2. The number of nitrogens with zero attached hydrogens (tertiary/aromatic N) is 2. The van der Waals surface area contributed by atoms with Gasteiger partial charge in [0.15, 0.2) is 0 Å². The summed E-state index contributed by atoms with van der Waals surface area (Å²) in [7, 11) is 4.30. The highest BCUT2D eigenvalue weighted by molar-refractivity contribution is 4.87. The van der Waals surface area contributed by atoms with Gasteiger partial charge in [-0.05, 0) is 27.1 Å². The molecule has 0 aliphatic carbocycles. The summed E-state index contributed by atoms with van der Waals surface area (Å²) in [4.78, 5) is 4.75. The first-order valence-corrected chi connectivity index (χ1v) is 4.56. The van der Waals surface area contributed by atoms with Gasteiger partial charge in [-0.3, -0.25) is 0 Å². The largest absolute Gasteiger partial charge is 0.305 e. The standard InChI is InChI=1S/C10H18N2/c1-4-5-7-12-8-6-10(9-12)11(2)3/h1,10H,5-9H2,2-3H3. The highest BCUT2D eigenvalue weighted by Gasteiger charge is 2.22. The van der Waals surface area contributed by atoms with E-state index < -0.39 is 0 Å². The average Bonchev–Trinajstić information content (AvgIpc) is 2.48. The molecule has 2 heteroatoms. The van der Waals surface area contributed by atoms with Crippen LogP contribution in [0.1, 0.15) is 12.8 Å². The van der Waals surface area contributed by atoms with Crippen molar-refractivity contribution in [2.24, 2.45) is 0 Å². The molecule has 1 rings (SSSR count). The van der Waals surface area contributed by atoms with Crippen LogP contribution in [0.3, 0.4) is 0 Å². The van der Waals surface area contributed by atoms with Crippen LogP contribution in [0, 0.1) is 12.3 Å². The van der Waals surface area contributed by atoms with Gasteiger partial charge in [-0.1, -0.05) is 0 Å². The van der Waals surface area contributed by atoms with E-state index in [9.17, 15) is 0 Å². The van der Waals surface area contributed by atoms with Gasteiger partial charge in [-0.25, -0.2) is 0 Å². The van der Waals surface area contributed by atoms with Crippen molar-refractivity contribution in [2.75, 3.05) is 33.7 Å². The van der Waals surface area contributed by atoms with Gasteiger partial charge in [0.05, 0.1) is 0 Å². The molecule has 1 aliphatic rings. The second kappa shape index (κ2) is 4.49. The minimum absolute atomic E-state index is 0.739. The van der Waals surface area contributed by atoms with Crippen LogP contribution in [-0.4, -0.2) is 49.6 Å². The summed E-state index contributed by atoms with van der Waals surface area (Å²) in [6.07, 6.45) is 7.39. The molecule has 1 unspecified atom stereocenters. The number of likely N-dealkylation sites (N-methyl/N-ethyl adjacent to an activating group) is 1. The molecular weight excluding hydrogens is 148 g/mol. The third-order valence-corrected chi connectivity index (χ3v) is 2.55. The summed E-state index contributed by atoms with van der Waals surface area (Å²) in [6.45, 7) is 3.47. The van der Waals surface area contributed by atoms with Crippen LogP contribution < -0.4 is 0 Å². The van der Waals surface area contributed by atoms with Crippen LogP contribution in [0.15, 0.2) is 0 Å². The van der Waals surface area contributed by atoms with E-state index >= 15 is 0 Å². The Balaban J connectivity index is 2.22. The molecule has 0 radical (unpaired) electrons. The molecule has 0 amide bonds. The SMILES string of the molecule is C#CCCN1CCC(N(C)C)C1. The van der Waals surface area contributed by atoms with Gasteiger partial charge < -0.3 is 9.80 Å². The number of terminal acetylenes is 1. The number of likely N-dealkylation sites (tertiary alicyclic amines) is 1. The zero-order valence-electron chi connectivity index (χ0n) is 8.08. The van der Waals surface area contributed by atoms with E-state index in [1.54, 1.807) is 0 Å². The lowest BCUT2D eigenvalue weighted by Gasteiger charge is -2.19. The highest BCUT2D eigenvalue weighted by Crippen LogP contribution is 2.12. The molecule has 1 fully saturated rings. The zero-order chi connectivity index (χ0) is 8.97. The molecule has 0 N–H and O–H groups in total. The monoisotopic (exact) mass is 166 g/mol. The molecule has 1 saturated heterocycles. The van der Waals surface area contributed by atoms with E-state index in [0.717, 1.165) is 19.0 Å². The number of hydrogen-bond acceptors (Lipinski definition) is 2. The van der Waals surface area contributed by atoms with Crippen molar-refractivity contribution in [1.29, 1.82) is 0 Å². The summed E-state index contributed by atoms with van der Waals surface area (Å²) in [5.41, 5.74) is 0. The van der Waals surface area contributed by atoms with Crippen molar-refractivity contribution in [1.82, 2.24) is 9.80 Å². The van der Waals surface area contributed by atoms with Gasteiger partial charge in [-0.2, -0.15) is 0 Å². The number of hydrogen-bond donors (Lipinski definition) is 0. The summed E-state index contributed by atoms with van der Waals surface area (Å²) >= 11 is 0. The lowest BCUT2D eigenvalue weighted by molar-refractivity contribution is 0.271. The molecule has 68 valence electrons. The third kappa shape index (κ3) is 2.51. The van der Waals surface area contributed by atoms with Crippen molar-refractivity contribution >= 4 is 0 Å². The molecule has 1 heterocycles. The van der Waals surface area contributed by atoms with E-state index in [0.29, 0.717) is 0 Å². The van der Waals surface area contributed by atoms with E-state index in [2.05, 4.69) is 29.8 Å². The summed E-state index contributed by atoms with van der Waals surface area (Å²) in [5, 5.41) is 0. The maximum Gasteiger partial charge on any atom is 0.0229 e. The predicted molar refractivity (Wildman–Crippen MR) is 52.0 cm³/mol. The van der Waals surface area contributed by atoms with Crippen molar-refractivity contribution in [2.45, 2.75) is 18.9 Å². The molecular formula is C10H18N2. The first-order valence-electron chi connectivity index (χ1n) is 4.56. The zero-order valence-corrected chi connectivity index (χ0v) is 8.08. The van der Waals surface area contributed by atoms with Crippen LogP contribution in [0.2, 0.25) is 0 Å². The normalized spacial score (nSPS) is 24.7. The van der Waals surface area contributed by atoms with Crippen molar-refractivity contribution in [3.8, 4) is 12.3 Å². The van der Waals surface area contributed by atoms with Crippen molar-refractivity contribution in [3.05, 3.63) is 0 Å². The van der Waals surface area contributed by atoms with Crippen LogP contribution in [0.25, 0.3) is 0 Å². The fourth-order valence-electron chi connectivity index (χ4n) is 1.66. The van der Waals surface area contributed by atoms with Gasteiger partial charge in [0.2, 0.25) is 0 Å². The van der Waals surface area contributed by atoms with E-state index in [-0.39, 0.29) is 0 Å². The van der Waals surface area contributed by atoms with E-state index in [4.69, 9.17) is 6.42 Å². The Kier molecular flexibility index (Phi) is 3.58. The maximum absolute atomic E-state index is 5.21. The smallest absolute Gasteiger partial charge is 0.0229 e. The average molecular weight is 166 g/mol. The molecule has 0 saturated carbocycles. The summed E-state index contributed by atoms with van der Waals surface area (Å²) in [5.74, 6) is 2.68. The first-order chi connectivity index (χ1) is 5.74. The van der Waals surface area contributed by atoms with Gasteiger partial charge in [0.1, 0.15) is 0 Å². The number of rotatable bonds is 3. The fraction of sp³-hybridized carbons (Fsp3) is 0.800. The Labute approximate surface area is 75.5 Å². The lowest BCUT2D eigenvalue weighted by Crippen LogP contribution is -2.31. The van der Waals surface area contributed by atoms with E-state index in [1.165, 1.54) is 19.5 Å². The third-order valence-electron chi connectivity index (χ3n) is 2.55. The molecule has 2 nitrogen and oxygen atoms in total. The molecule has 0 bridgehead atoms. The van der Waals surface area contributed by atoms with Crippen LogP contribution in [-0.2, 0) is 0 Å². The fourth-order valence-corrected chi connectivity index (χ4v) is 1.66. The predicted octanol–water partition coefficient (Wildman–Crippen LogP) is 0.646. The maximum atomic E-state index is 5.21. The summed E-state index contributed by atoms with van der Waals surface area (Å²) < 4.78 is 0. The Morgan fingerprint density at radius 2 is 2.33 bits per heavy atom. The minimum Gasteiger partial charge on any atom is -0.305 e. The first kappa shape index (κ1) is 9.57. The Morgan fingerprint density at radius 1 is 1.58 bits per heavy atom. The molecule has 0 aromatic rings. The van der Waals surface area contributed by atoms with Crippen molar-refractivity contribution < 1.29 is 0 Å². The van der Waals surface area contributed by atoms with Crippen LogP contribution in [0.5, 0.6) is 0 Å². The van der Waals surface area contributed by atoms with Crippen LogP contribution in [0.4, 0.5) is 0 Å².